The van der Waals surface area contributed by atoms with Gasteiger partial charge in [0.05, 0.1) is 28.8 Å². The van der Waals surface area contributed by atoms with E-state index in [0.29, 0.717) is 47.8 Å². The molecule has 27 heavy (non-hydrogen) atoms. The zero-order valence-corrected chi connectivity index (χ0v) is 18.1. The van der Waals surface area contributed by atoms with E-state index >= 15 is 0 Å². The van der Waals surface area contributed by atoms with E-state index in [1.54, 1.807) is 36.4 Å². The van der Waals surface area contributed by atoms with Gasteiger partial charge < -0.3 is 15.4 Å². The lowest BCUT2D eigenvalue weighted by atomic mass is 10.3. The first-order valence-corrected chi connectivity index (χ1v) is 11.1. The molecule has 2 aromatic rings. The maximum Gasteiger partial charge on any atom is 0.243 e. The summed E-state index contributed by atoms with van der Waals surface area (Å²) in [5, 5.41) is 6.90. The van der Waals surface area contributed by atoms with Crippen molar-refractivity contribution >= 4 is 66.3 Å². The molecule has 0 bridgehead atoms. The number of benzene rings is 2. The van der Waals surface area contributed by atoms with E-state index in [2.05, 4.69) is 26.6 Å². The van der Waals surface area contributed by atoms with Crippen molar-refractivity contribution in [2.45, 2.75) is 4.90 Å². The van der Waals surface area contributed by atoms with Crippen molar-refractivity contribution in [2.24, 2.45) is 0 Å². The summed E-state index contributed by atoms with van der Waals surface area (Å²) in [5.41, 5.74) is 1.34. The van der Waals surface area contributed by atoms with Gasteiger partial charge in [-0.05, 0) is 54.7 Å². The molecule has 0 atom stereocenters. The summed E-state index contributed by atoms with van der Waals surface area (Å²) in [5.74, 6) is 0. The van der Waals surface area contributed by atoms with Crippen molar-refractivity contribution in [3.05, 3.63) is 52.0 Å². The molecule has 144 valence electrons. The fraction of sp³-hybridized carbons (Fsp3) is 0.235. The fourth-order valence-corrected chi connectivity index (χ4v) is 4.88. The maximum atomic E-state index is 12.6. The van der Waals surface area contributed by atoms with E-state index in [9.17, 15) is 8.42 Å². The van der Waals surface area contributed by atoms with E-state index in [1.807, 2.05) is 6.07 Å². The third-order valence-electron chi connectivity index (χ3n) is 3.90. The number of nitrogens with zero attached hydrogens (tertiary/aromatic N) is 1. The number of sulfonamides is 1. The van der Waals surface area contributed by atoms with Crippen LogP contribution in [0.15, 0.2) is 51.8 Å². The molecule has 6 nitrogen and oxygen atoms in total. The second-order valence-electron chi connectivity index (χ2n) is 5.74. The smallest absolute Gasteiger partial charge is 0.243 e. The number of hydrogen-bond acceptors (Lipinski definition) is 4. The van der Waals surface area contributed by atoms with Gasteiger partial charge in [0.15, 0.2) is 5.11 Å². The summed E-state index contributed by atoms with van der Waals surface area (Å²) in [4.78, 5) is 0.241. The standard InChI is InChI=1S/C17H17BrClN3O3S2/c18-12-1-6-16(15(19)11-12)21-17(26)20-13-2-4-14(5-3-13)27(23,24)22-7-9-25-10-8-22/h1-6,11H,7-10H2,(H2,20,21,26). The average molecular weight is 491 g/mol. The summed E-state index contributed by atoms with van der Waals surface area (Å²) in [7, 11) is -3.51. The Morgan fingerprint density at radius 2 is 1.78 bits per heavy atom. The van der Waals surface area contributed by atoms with Crippen molar-refractivity contribution in [1.29, 1.82) is 0 Å². The molecule has 2 aromatic carbocycles. The predicted octanol–water partition coefficient (Wildman–Crippen LogP) is 3.93. The summed E-state index contributed by atoms with van der Waals surface area (Å²) < 4.78 is 32.7. The third-order valence-corrected chi connectivity index (χ3v) is 6.82. The minimum Gasteiger partial charge on any atom is -0.379 e. The Kier molecular flexibility index (Phi) is 6.72. The van der Waals surface area contributed by atoms with Gasteiger partial charge in [0.2, 0.25) is 10.0 Å². The summed E-state index contributed by atoms with van der Waals surface area (Å²) in [6.07, 6.45) is 0. The Morgan fingerprint density at radius 3 is 2.41 bits per heavy atom. The molecule has 3 rings (SSSR count). The molecule has 1 heterocycles. The van der Waals surface area contributed by atoms with Gasteiger partial charge in [-0.15, -0.1) is 0 Å². The Hall–Kier alpha value is -1.23. The molecule has 1 aliphatic heterocycles. The molecule has 0 aromatic heterocycles. The van der Waals surface area contributed by atoms with Gasteiger partial charge in [0.25, 0.3) is 0 Å². The second-order valence-corrected chi connectivity index (χ2v) is 9.41. The molecule has 10 heteroatoms. The van der Waals surface area contributed by atoms with Crippen LogP contribution in [-0.2, 0) is 14.8 Å². The zero-order chi connectivity index (χ0) is 19.4. The van der Waals surface area contributed by atoms with Gasteiger partial charge in [-0.3, -0.25) is 0 Å². The van der Waals surface area contributed by atoms with Crippen molar-refractivity contribution in [1.82, 2.24) is 4.31 Å². The molecule has 0 saturated carbocycles. The Labute approximate surface area is 177 Å². The summed E-state index contributed by atoms with van der Waals surface area (Å²) in [6.45, 7) is 1.56. The highest BCUT2D eigenvalue weighted by atomic mass is 79.9. The molecule has 2 N–H and O–H groups in total. The minimum absolute atomic E-state index is 0.241. The summed E-state index contributed by atoms with van der Waals surface area (Å²) >= 11 is 14.8. The Bertz CT molecular complexity index is 933. The van der Waals surface area contributed by atoms with Crippen LogP contribution in [0, 0.1) is 0 Å². The SMILES string of the molecule is O=S(=O)(c1ccc(NC(=S)Nc2ccc(Br)cc2Cl)cc1)N1CCOCC1. The lowest BCUT2D eigenvalue weighted by Gasteiger charge is -2.26. The molecule has 1 aliphatic rings. The number of halogens is 2. The molecule has 0 amide bonds. The quantitative estimate of drug-likeness (QED) is 0.633. The van der Waals surface area contributed by atoms with Crippen LogP contribution in [0.3, 0.4) is 0 Å². The van der Waals surface area contributed by atoms with Crippen LogP contribution in [0.2, 0.25) is 5.02 Å². The largest absolute Gasteiger partial charge is 0.379 e. The van der Waals surface area contributed by atoms with Crippen LogP contribution in [0.25, 0.3) is 0 Å². The molecular weight excluding hydrogens is 474 g/mol. The lowest BCUT2D eigenvalue weighted by Crippen LogP contribution is -2.40. The van der Waals surface area contributed by atoms with Gasteiger partial charge in [0, 0.05) is 23.2 Å². The normalized spacial score (nSPS) is 15.3. The van der Waals surface area contributed by atoms with Gasteiger partial charge >= 0.3 is 0 Å². The molecule has 0 aliphatic carbocycles. The summed E-state index contributed by atoms with van der Waals surface area (Å²) in [6, 6.07) is 11.9. The number of thiocarbonyl (C=S) groups is 1. The molecule has 0 radical (unpaired) electrons. The Balaban J connectivity index is 1.65. The van der Waals surface area contributed by atoms with Crippen LogP contribution in [0.1, 0.15) is 0 Å². The van der Waals surface area contributed by atoms with Crippen molar-refractivity contribution in [3.8, 4) is 0 Å². The topological polar surface area (TPSA) is 70.7 Å². The molecular formula is C17H17BrClN3O3S2. The average Bonchev–Trinajstić information content (AvgIpc) is 2.65. The highest BCUT2D eigenvalue weighted by Crippen LogP contribution is 2.26. The lowest BCUT2D eigenvalue weighted by molar-refractivity contribution is 0.0730. The van der Waals surface area contributed by atoms with Gasteiger partial charge in [0.1, 0.15) is 0 Å². The van der Waals surface area contributed by atoms with Crippen LogP contribution in [0.5, 0.6) is 0 Å². The highest BCUT2D eigenvalue weighted by molar-refractivity contribution is 9.10. The fourth-order valence-electron chi connectivity index (χ4n) is 2.52. The zero-order valence-electron chi connectivity index (χ0n) is 14.1. The first-order chi connectivity index (χ1) is 12.9. The molecule has 1 fully saturated rings. The first kappa shape index (κ1) is 20.5. The van der Waals surface area contributed by atoms with E-state index < -0.39 is 10.0 Å². The number of nitrogens with one attached hydrogen (secondary N) is 2. The molecule has 0 unspecified atom stereocenters. The predicted molar refractivity (Wildman–Crippen MR) is 115 cm³/mol. The third kappa shape index (κ3) is 5.18. The minimum atomic E-state index is -3.51. The van der Waals surface area contributed by atoms with Crippen molar-refractivity contribution < 1.29 is 13.2 Å². The Morgan fingerprint density at radius 1 is 1.11 bits per heavy atom. The van der Waals surface area contributed by atoms with Crippen LogP contribution < -0.4 is 10.6 Å². The van der Waals surface area contributed by atoms with Crippen molar-refractivity contribution in [2.75, 3.05) is 36.9 Å². The van der Waals surface area contributed by atoms with E-state index in [4.69, 9.17) is 28.6 Å². The second kappa shape index (κ2) is 8.85. The molecule has 1 saturated heterocycles. The molecule has 0 spiro atoms. The number of rotatable bonds is 4. The first-order valence-electron chi connectivity index (χ1n) is 8.07. The van der Waals surface area contributed by atoms with Gasteiger partial charge in [-0.1, -0.05) is 27.5 Å². The van der Waals surface area contributed by atoms with Crippen LogP contribution >= 0.6 is 39.7 Å². The van der Waals surface area contributed by atoms with Crippen LogP contribution in [-0.4, -0.2) is 44.1 Å². The number of hydrogen-bond donors (Lipinski definition) is 2. The number of ether oxygens (including phenoxy) is 1. The highest BCUT2D eigenvalue weighted by Gasteiger charge is 2.26. The van der Waals surface area contributed by atoms with Crippen molar-refractivity contribution in [3.63, 3.8) is 0 Å². The maximum absolute atomic E-state index is 12.6. The van der Waals surface area contributed by atoms with Crippen LogP contribution in [0.4, 0.5) is 11.4 Å². The van der Waals surface area contributed by atoms with E-state index in [-0.39, 0.29) is 4.90 Å². The number of morpholine rings is 1. The number of anilines is 2. The van der Waals surface area contributed by atoms with Gasteiger partial charge in [-0.25, -0.2) is 8.42 Å². The monoisotopic (exact) mass is 489 g/mol. The van der Waals surface area contributed by atoms with E-state index in [0.717, 1.165) is 4.47 Å². The van der Waals surface area contributed by atoms with Gasteiger partial charge in [-0.2, -0.15) is 4.31 Å². The van der Waals surface area contributed by atoms with E-state index in [1.165, 1.54) is 4.31 Å².